The molecule has 4 nitrogen and oxygen atoms in total. The Bertz CT molecular complexity index is 395. The monoisotopic (exact) mass is 232 g/mol. The van der Waals surface area contributed by atoms with Crippen LogP contribution in [-0.2, 0) is 9.59 Å². The zero-order valence-corrected chi connectivity index (χ0v) is 9.63. The molecule has 0 radical (unpaired) electrons. The molecule has 17 heavy (non-hydrogen) atoms. The van der Waals surface area contributed by atoms with Crippen molar-refractivity contribution in [2.75, 3.05) is 13.1 Å². The van der Waals surface area contributed by atoms with Crippen molar-refractivity contribution in [2.45, 2.75) is 18.9 Å². The van der Waals surface area contributed by atoms with Gasteiger partial charge in [-0.25, -0.2) is 0 Å². The van der Waals surface area contributed by atoms with E-state index in [1.54, 1.807) is 4.90 Å². The summed E-state index contributed by atoms with van der Waals surface area (Å²) in [6.07, 6.45) is 6.23. The third kappa shape index (κ3) is 1.12. The molecule has 2 bridgehead atoms. The number of fused-ring (bicyclic) bond motifs is 5. The van der Waals surface area contributed by atoms with E-state index in [0.29, 0.717) is 11.8 Å². The van der Waals surface area contributed by atoms with Crippen LogP contribution in [0.1, 0.15) is 12.8 Å². The number of amides is 2. The fraction of sp³-hybridized carbons (Fsp3) is 0.692. The van der Waals surface area contributed by atoms with Crippen molar-refractivity contribution >= 4 is 11.8 Å². The van der Waals surface area contributed by atoms with Gasteiger partial charge in [0.1, 0.15) is 0 Å². The van der Waals surface area contributed by atoms with E-state index in [4.69, 9.17) is 0 Å². The van der Waals surface area contributed by atoms with Gasteiger partial charge in [-0.15, -0.1) is 0 Å². The number of rotatable bonds is 1. The molecule has 4 heteroatoms. The van der Waals surface area contributed by atoms with Gasteiger partial charge >= 0.3 is 0 Å². The van der Waals surface area contributed by atoms with Gasteiger partial charge in [0.25, 0.3) is 0 Å². The molecule has 2 aliphatic carbocycles. The summed E-state index contributed by atoms with van der Waals surface area (Å²) in [4.78, 5) is 26.4. The lowest BCUT2D eigenvalue weighted by Crippen LogP contribution is -2.42. The summed E-state index contributed by atoms with van der Waals surface area (Å²) < 4.78 is 0. The summed E-state index contributed by atoms with van der Waals surface area (Å²) in [7, 11) is 0. The van der Waals surface area contributed by atoms with Gasteiger partial charge in [-0.05, 0) is 31.2 Å². The Morgan fingerprint density at radius 3 is 2.29 bits per heavy atom. The van der Waals surface area contributed by atoms with Gasteiger partial charge in [0.2, 0.25) is 11.8 Å². The Balaban J connectivity index is 1.68. The fourth-order valence-electron chi connectivity index (χ4n) is 4.15. The summed E-state index contributed by atoms with van der Waals surface area (Å²) in [6.45, 7) is 1.70. The summed E-state index contributed by atoms with van der Waals surface area (Å²) in [5, 5.41) is 3.23. The number of carbonyl (C=O) groups excluding carboxylic acids is 2. The number of hydrogen-bond donors (Lipinski definition) is 1. The Kier molecular flexibility index (Phi) is 1.85. The quantitative estimate of drug-likeness (QED) is 0.517. The van der Waals surface area contributed by atoms with Crippen molar-refractivity contribution < 1.29 is 9.59 Å². The SMILES string of the molecule is O=C1C2C3C=CC(C3)C2C(=O)N1C1CCNC1. The van der Waals surface area contributed by atoms with Crippen LogP contribution in [0.25, 0.3) is 0 Å². The molecule has 2 amide bonds. The highest BCUT2D eigenvalue weighted by molar-refractivity contribution is 6.06. The van der Waals surface area contributed by atoms with Crippen LogP contribution in [0.5, 0.6) is 0 Å². The number of nitrogens with zero attached hydrogens (tertiary/aromatic N) is 1. The normalized spacial score (nSPS) is 47.3. The molecule has 3 fully saturated rings. The zero-order chi connectivity index (χ0) is 11.6. The molecule has 2 heterocycles. The van der Waals surface area contributed by atoms with Gasteiger partial charge < -0.3 is 5.32 Å². The zero-order valence-electron chi connectivity index (χ0n) is 9.63. The first-order valence-corrected chi connectivity index (χ1v) is 6.53. The number of likely N-dealkylation sites (tertiary alicyclic amines) is 1. The van der Waals surface area contributed by atoms with Gasteiger partial charge in [0.15, 0.2) is 0 Å². The first kappa shape index (κ1) is 9.83. The second kappa shape index (κ2) is 3.19. The van der Waals surface area contributed by atoms with E-state index >= 15 is 0 Å². The summed E-state index contributed by atoms with van der Waals surface area (Å²) in [5.41, 5.74) is 0. The van der Waals surface area contributed by atoms with E-state index in [2.05, 4.69) is 17.5 Å². The topological polar surface area (TPSA) is 49.4 Å². The van der Waals surface area contributed by atoms with Crippen LogP contribution in [0, 0.1) is 23.7 Å². The summed E-state index contributed by atoms with van der Waals surface area (Å²) >= 11 is 0. The molecule has 2 saturated heterocycles. The molecule has 0 aromatic carbocycles. The minimum atomic E-state index is -0.0295. The molecular formula is C13H16N2O2. The van der Waals surface area contributed by atoms with Crippen LogP contribution in [0.3, 0.4) is 0 Å². The van der Waals surface area contributed by atoms with Crippen LogP contribution in [0.15, 0.2) is 12.2 Å². The van der Waals surface area contributed by atoms with E-state index < -0.39 is 0 Å². The highest BCUT2D eigenvalue weighted by atomic mass is 16.2. The van der Waals surface area contributed by atoms with Crippen molar-refractivity contribution in [3.63, 3.8) is 0 Å². The second-order valence-electron chi connectivity index (χ2n) is 5.69. The number of carbonyl (C=O) groups is 2. The molecule has 0 aromatic rings. The predicted octanol–water partition coefficient (Wildman–Crippen LogP) is 0.155. The number of nitrogens with one attached hydrogen (secondary N) is 1. The average molecular weight is 232 g/mol. The molecule has 5 atom stereocenters. The molecule has 1 saturated carbocycles. The number of hydrogen-bond acceptors (Lipinski definition) is 3. The highest BCUT2D eigenvalue weighted by Gasteiger charge is 2.60. The molecule has 0 spiro atoms. The van der Waals surface area contributed by atoms with Crippen molar-refractivity contribution in [2.24, 2.45) is 23.7 Å². The Hall–Kier alpha value is -1.16. The Labute approximate surface area is 100 Å². The van der Waals surface area contributed by atoms with Crippen molar-refractivity contribution in [1.82, 2.24) is 10.2 Å². The van der Waals surface area contributed by atoms with E-state index in [0.717, 1.165) is 25.9 Å². The standard InChI is InChI=1S/C13H16N2O2/c16-12-10-7-1-2-8(5-7)11(10)13(17)15(12)9-3-4-14-6-9/h1-2,7-11,14H,3-6H2. The van der Waals surface area contributed by atoms with Crippen molar-refractivity contribution in [3.8, 4) is 0 Å². The lowest BCUT2D eigenvalue weighted by Gasteiger charge is -2.23. The van der Waals surface area contributed by atoms with Crippen LogP contribution >= 0.6 is 0 Å². The molecule has 0 aromatic heterocycles. The molecule has 2 aliphatic heterocycles. The maximum absolute atomic E-state index is 12.4. The largest absolute Gasteiger partial charge is 0.315 e. The fourth-order valence-corrected chi connectivity index (χ4v) is 4.15. The first-order chi connectivity index (χ1) is 8.27. The van der Waals surface area contributed by atoms with Crippen molar-refractivity contribution in [3.05, 3.63) is 12.2 Å². The van der Waals surface area contributed by atoms with Crippen LogP contribution in [0.2, 0.25) is 0 Å². The third-order valence-corrected chi connectivity index (χ3v) is 4.90. The van der Waals surface area contributed by atoms with E-state index in [-0.39, 0.29) is 29.7 Å². The van der Waals surface area contributed by atoms with Gasteiger partial charge in [0.05, 0.1) is 17.9 Å². The van der Waals surface area contributed by atoms with Gasteiger partial charge in [0, 0.05) is 6.54 Å². The minimum Gasteiger partial charge on any atom is -0.315 e. The lowest BCUT2D eigenvalue weighted by molar-refractivity contribution is -0.143. The Morgan fingerprint density at radius 1 is 1.12 bits per heavy atom. The van der Waals surface area contributed by atoms with Crippen molar-refractivity contribution in [1.29, 1.82) is 0 Å². The van der Waals surface area contributed by atoms with Crippen LogP contribution < -0.4 is 5.32 Å². The van der Waals surface area contributed by atoms with E-state index in [9.17, 15) is 9.59 Å². The molecule has 5 unspecified atom stereocenters. The summed E-state index contributed by atoms with van der Waals surface area (Å²) in [5.74, 6) is 0.814. The number of imide groups is 1. The maximum atomic E-state index is 12.4. The summed E-state index contributed by atoms with van der Waals surface area (Å²) in [6, 6.07) is 0.111. The highest BCUT2D eigenvalue weighted by Crippen LogP contribution is 2.52. The molecule has 90 valence electrons. The van der Waals surface area contributed by atoms with E-state index in [1.165, 1.54) is 0 Å². The maximum Gasteiger partial charge on any atom is 0.234 e. The van der Waals surface area contributed by atoms with Crippen LogP contribution in [0.4, 0.5) is 0 Å². The van der Waals surface area contributed by atoms with Crippen LogP contribution in [-0.4, -0.2) is 35.8 Å². The van der Waals surface area contributed by atoms with Gasteiger partial charge in [-0.1, -0.05) is 12.2 Å². The Morgan fingerprint density at radius 2 is 1.76 bits per heavy atom. The first-order valence-electron chi connectivity index (χ1n) is 6.53. The average Bonchev–Trinajstić information content (AvgIpc) is 3.03. The molecular weight excluding hydrogens is 216 g/mol. The van der Waals surface area contributed by atoms with Gasteiger partial charge in [-0.3, -0.25) is 14.5 Å². The molecule has 1 N–H and O–H groups in total. The van der Waals surface area contributed by atoms with Gasteiger partial charge in [-0.2, -0.15) is 0 Å². The number of allylic oxidation sites excluding steroid dienone is 2. The second-order valence-corrected chi connectivity index (χ2v) is 5.69. The smallest absolute Gasteiger partial charge is 0.234 e. The molecule has 4 rings (SSSR count). The molecule has 4 aliphatic rings. The lowest BCUT2D eigenvalue weighted by atomic mass is 9.85. The predicted molar refractivity (Wildman–Crippen MR) is 60.8 cm³/mol. The minimum absolute atomic E-state index is 0.0295. The third-order valence-electron chi connectivity index (χ3n) is 4.90. The van der Waals surface area contributed by atoms with E-state index in [1.807, 2.05) is 0 Å².